The summed E-state index contributed by atoms with van der Waals surface area (Å²) in [5, 5.41) is 2.06. The van der Waals surface area contributed by atoms with Crippen LogP contribution in [0.15, 0.2) is 11.6 Å². The van der Waals surface area contributed by atoms with Gasteiger partial charge in [0.05, 0.1) is 24.9 Å². The highest BCUT2D eigenvalue weighted by atomic mass is 32.1. The summed E-state index contributed by atoms with van der Waals surface area (Å²) < 4.78 is 7.65. The van der Waals surface area contributed by atoms with E-state index in [9.17, 15) is 0 Å². The molecule has 2 N–H and O–H groups in total. The third-order valence-corrected chi connectivity index (χ3v) is 4.12. The van der Waals surface area contributed by atoms with Crippen molar-refractivity contribution >= 4 is 22.1 Å². The molecule has 1 atom stereocenters. The molecule has 3 heterocycles. The number of aromatic nitrogens is 2. The minimum atomic E-state index is 0.375. The lowest BCUT2D eigenvalue weighted by Gasteiger charge is -2.34. The number of rotatable bonds is 3. The number of imidazole rings is 1. The summed E-state index contributed by atoms with van der Waals surface area (Å²) in [6, 6.07) is 0.375. The van der Waals surface area contributed by atoms with Gasteiger partial charge in [0, 0.05) is 24.5 Å². The molecule has 0 saturated carbocycles. The summed E-state index contributed by atoms with van der Waals surface area (Å²) in [6.07, 6.45) is 2.93. The molecule has 2 aromatic rings. The Balaban J connectivity index is 2.03. The Labute approximate surface area is 110 Å². The smallest absolute Gasteiger partial charge is 0.195 e. The third-order valence-electron chi connectivity index (χ3n) is 3.36. The largest absolute Gasteiger partial charge is 0.377 e. The van der Waals surface area contributed by atoms with Crippen molar-refractivity contribution in [3.05, 3.63) is 17.3 Å². The maximum Gasteiger partial charge on any atom is 0.195 e. The van der Waals surface area contributed by atoms with Crippen LogP contribution in [-0.4, -0.2) is 41.7 Å². The van der Waals surface area contributed by atoms with Gasteiger partial charge in [-0.2, -0.15) is 0 Å². The van der Waals surface area contributed by atoms with Crippen molar-refractivity contribution in [3.63, 3.8) is 0 Å². The summed E-state index contributed by atoms with van der Waals surface area (Å²) in [7, 11) is 0. The molecule has 1 aliphatic heterocycles. The van der Waals surface area contributed by atoms with Crippen molar-refractivity contribution in [2.24, 2.45) is 5.73 Å². The van der Waals surface area contributed by atoms with E-state index >= 15 is 0 Å². The molecule has 1 fully saturated rings. The van der Waals surface area contributed by atoms with Gasteiger partial charge in [-0.25, -0.2) is 4.98 Å². The zero-order valence-electron chi connectivity index (χ0n) is 10.5. The molecule has 5 nitrogen and oxygen atoms in total. The Bertz CT molecular complexity index is 535. The van der Waals surface area contributed by atoms with Crippen LogP contribution in [0.2, 0.25) is 0 Å². The highest BCUT2D eigenvalue weighted by Gasteiger charge is 2.25. The van der Waals surface area contributed by atoms with Crippen molar-refractivity contribution in [3.8, 4) is 0 Å². The molecule has 0 bridgehead atoms. The van der Waals surface area contributed by atoms with Crippen LogP contribution in [-0.2, 0) is 11.2 Å². The Kier molecular flexibility index (Phi) is 3.23. The lowest BCUT2D eigenvalue weighted by molar-refractivity contribution is 0.0985. The molecule has 0 spiro atoms. The van der Waals surface area contributed by atoms with E-state index in [4.69, 9.17) is 15.5 Å². The average Bonchev–Trinajstić information content (AvgIpc) is 2.93. The zero-order chi connectivity index (χ0) is 12.5. The Morgan fingerprint density at radius 3 is 3.28 bits per heavy atom. The molecular formula is C12H18N4OS. The third kappa shape index (κ3) is 1.90. The highest BCUT2D eigenvalue weighted by molar-refractivity contribution is 7.15. The Hall–Kier alpha value is -1.11. The predicted molar refractivity (Wildman–Crippen MR) is 73.5 cm³/mol. The molecule has 1 saturated heterocycles. The van der Waals surface area contributed by atoms with E-state index < -0.39 is 0 Å². The number of morpholine rings is 1. The van der Waals surface area contributed by atoms with E-state index in [0.717, 1.165) is 37.0 Å². The van der Waals surface area contributed by atoms with Gasteiger partial charge in [0.25, 0.3) is 0 Å². The molecule has 0 radical (unpaired) electrons. The summed E-state index contributed by atoms with van der Waals surface area (Å²) >= 11 is 1.67. The van der Waals surface area contributed by atoms with E-state index in [0.29, 0.717) is 12.6 Å². The lowest BCUT2D eigenvalue weighted by atomic mass is 10.2. The van der Waals surface area contributed by atoms with Crippen LogP contribution >= 0.6 is 11.3 Å². The highest BCUT2D eigenvalue weighted by Crippen LogP contribution is 2.27. The van der Waals surface area contributed by atoms with Gasteiger partial charge in [-0.05, 0) is 13.5 Å². The first kappa shape index (κ1) is 12.0. The van der Waals surface area contributed by atoms with Gasteiger partial charge in [0.2, 0.25) is 0 Å². The van der Waals surface area contributed by atoms with E-state index in [-0.39, 0.29) is 0 Å². The molecule has 0 aliphatic carbocycles. The van der Waals surface area contributed by atoms with Crippen LogP contribution in [0.4, 0.5) is 5.82 Å². The monoisotopic (exact) mass is 266 g/mol. The fraction of sp³-hybridized carbons (Fsp3) is 0.583. The number of hydrogen-bond acceptors (Lipinski definition) is 5. The standard InChI is InChI=1S/C12H18N4OS/c1-9-8-17-6-4-15(9)11-10(2-3-13)16-5-7-18-12(16)14-11/h5,7,9H,2-4,6,8,13H2,1H3. The summed E-state index contributed by atoms with van der Waals surface area (Å²) in [5.41, 5.74) is 6.96. The number of ether oxygens (including phenoxy) is 1. The van der Waals surface area contributed by atoms with Gasteiger partial charge in [-0.3, -0.25) is 4.40 Å². The quantitative estimate of drug-likeness (QED) is 0.904. The molecule has 1 unspecified atom stereocenters. The average molecular weight is 266 g/mol. The number of nitrogens with two attached hydrogens (primary N) is 1. The molecule has 6 heteroatoms. The van der Waals surface area contributed by atoms with E-state index in [1.54, 1.807) is 11.3 Å². The van der Waals surface area contributed by atoms with Crippen LogP contribution in [0.5, 0.6) is 0 Å². The minimum Gasteiger partial charge on any atom is -0.377 e. The van der Waals surface area contributed by atoms with E-state index in [1.807, 2.05) is 0 Å². The Morgan fingerprint density at radius 1 is 1.61 bits per heavy atom. The first-order chi connectivity index (χ1) is 8.81. The van der Waals surface area contributed by atoms with Crippen molar-refractivity contribution < 1.29 is 4.74 Å². The first-order valence-electron chi connectivity index (χ1n) is 6.30. The number of hydrogen-bond donors (Lipinski definition) is 1. The Morgan fingerprint density at radius 2 is 2.50 bits per heavy atom. The maximum absolute atomic E-state index is 5.73. The van der Waals surface area contributed by atoms with Gasteiger partial charge in [-0.15, -0.1) is 11.3 Å². The molecule has 0 amide bonds. The minimum absolute atomic E-state index is 0.375. The summed E-state index contributed by atoms with van der Waals surface area (Å²) in [5.74, 6) is 1.09. The van der Waals surface area contributed by atoms with E-state index in [2.05, 4.69) is 27.8 Å². The topological polar surface area (TPSA) is 55.8 Å². The normalized spacial score (nSPS) is 20.8. The van der Waals surface area contributed by atoms with Gasteiger partial charge in [-0.1, -0.05) is 0 Å². The lowest BCUT2D eigenvalue weighted by Crippen LogP contribution is -2.44. The molecule has 98 valence electrons. The van der Waals surface area contributed by atoms with Gasteiger partial charge in [0.1, 0.15) is 0 Å². The van der Waals surface area contributed by atoms with Crippen molar-refractivity contribution in [2.45, 2.75) is 19.4 Å². The molecule has 18 heavy (non-hydrogen) atoms. The summed E-state index contributed by atoms with van der Waals surface area (Å²) in [6.45, 7) is 5.28. The maximum atomic E-state index is 5.73. The second-order valence-electron chi connectivity index (χ2n) is 4.59. The zero-order valence-corrected chi connectivity index (χ0v) is 11.3. The van der Waals surface area contributed by atoms with E-state index in [1.165, 1.54) is 5.69 Å². The second-order valence-corrected chi connectivity index (χ2v) is 5.47. The van der Waals surface area contributed by atoms with Crippen molar-refractivity contribution in [1.82, 2.24) is 9.38 Å². The van der Waals surface area contributed by atoms with Crippen molar-refractivity contribution in [2.75, 3.05) is 31.2 Å². The number of nitrogens with zero attached hydrogens (tertiary/aromatic N) is 3. The van der Waals surface area contributed by atoms with Gasteiger partial charge in [0.15, 0.2) is 10.8 Å². The van der Waals surface area contributed by atoms with Gasteiger partial charge < -0.3 is 15.4 Å². The van der Waals surface area contributed by atoms with Crippen LogP contribution in [0.25, 0.3) is 4.96 Å². The van der Waals surface area contributed by atoms with Crippen LogP contribution in [0, 0.1) is 0 Å². The van der Waals surface area contributed by atoms with Crippen LogP contribution in [0.3, 0.4) is 0 Å². The second kappa shape index (κ2) is 4.87. The molecular weight excluding hydrogens is 248 g/mol. The molecule has 1 aliphatic rings. The fourth-order valence-electron chi connectivity index (χ4n) is 2.46. The molecule has 2 aromatic heterocycles. The number of anilines is 1. The van der Waals surface area contributed by atoms with Crippen LogP contribution < -0.4 is 10.6 Å². The predicted octanol–water partition coefficient (Wildman–Crippen LogP) is 1.12. The van der Waals surface area contributed by atoms with Crippen molar-refractivity contribution in [1.29, 1.82) is 0 Å². The number of thiazole rings is 1. The van der Waals surface area contributed by atoms with Crippen LogP contribution in [0.1, 0.15) is 12.6 Å². The first-order valence-corrected chi connectivity index (χ1v) is 7.18. The molecule has 0 aromatic carbocycles. The molecule has 3 rings (SSSR count). The van der Waals surface area contributed by atoms with Gasteiger partial charge >= 0.3 is 0 Å². The number of fused-ring (bicyclic) bond motifs is 1. The fourth-order valence-corrected chi connectivity index (χ4v) is 3.19. The summed E-state index contributed by atoms with van der Waals surface area (Å²) in [4.78, 5) is 8.15. The SMILES string of the molecule is CC1COCCN1c1nc2sccn2c1CCN.